The van der Waals surface area contributed by atoms with Gasteiger partial charge in [-0.15, -0.1) is 5.92 Å². The molecule has 7 heteroatoms. The van der Waals surface area contributed by atoms with Crippen LogP contribution >= 0.6 is 0 Å². The summed E-state index contributed by atoms with van der Waals surface area (Å²) < 4.78 is 5.06. The third-order valence-electron chi connectivity index (χ3n) is 7.05. The number of aryl methyl sites for hydroxylation is 2. The number of ketones is 2. The second kappa shape index (κ2) is 9.38. The minimum Gasteiger partial charge on any atom is -0.480 e. The van der Waals surface area contributed by atoms with E-state index in [0.29, 0.717) is 38.8 Å². The first-order valence-electron chi connectivity index (χ1n) is 11.5. The van der Waals surface area contributed by atoms with Crippen LogP contribution in [0.4, 0.5) is 0 Å². The Balaban J connectivity index is 1.48. The molecule has 1 amide bonds. The van der Waals surface area contributed by atoms with Crippen molar-refractivity contribution >= 4 is 17.5 Å². The summed E-state index contributed by atoms with van der Waals surface area (Å²) in [4.78, 5) is 49.5. The van der Waals surface area contributed by atoms with E-state index in [4.69, 9.17) is 4.74 Å². The molecule has 0 N–H and O–H groups in total. The van der Waals surface area contributed by atoms with E-state index in [-0.39, 0.29) is 34.5 Å². The van der Waals surface area contributed by atoms with Crippen LogP contribution < -0.4 is 4.74 Å². The number of methoxy groups -OCH3 is 1. The van der Waals surface area contributed by atoms with Gasteiger partial charge in [-0.2, -0.15) is 0 Å². The van der Waals surface area contributed by atoms with Gasteiger partial charge in [0.05, 0.1) is 19.5 Å². The number of hydrogen-bond donors (Lipinski definition) is 0. The summed E-state index contributed by atoms with van der Waals surface area (Å²) in [6.45, 7) is 6.63. The fourth-order valence-electron chi connectivity index (χ4n) is 5.40. The highest BCUT2D eigenvalue weighted by atomic mass is 16.5. The van der Waals surface area contributed by atoms with Gasteiger partial charge in [-0.25, -0.2) is 4.98 Å². The highest BCUT2D eigenvalue weighted by Gasteiger charge is 2.48. The first-order valence-corrected chi connectivity index (χ1v) is 11.5. The molecule has 0 atom stereocenters. The number of nitrogens with zero attached hydrogens (tertiary/aromatic N) is 3. The Labute approximate surface area is 199 Å². The maximum atomic E-state index is 13.3. The summed E-state index contributed by atoms with van der Waals surface area (Å²) in [5, 5.41) is 0. The molecule has 1 spiro atoms. The molecule has 1 aliphatic heterocycles. The van der Waals surface area contributed by atoms with Gasteiger partial charge in [0.15, 0.2) is 5.69 Å². The maximum Gasteiger partial charge on any atom is 0.274 e. The Morgan fingerprint density at radius 2 is 1.71 bits per heavy atom. The van der Waals surface area contributed by atoms with Gasteiger partial charge < -0.3 is 9.64 Å². The van der Waals surface area contributed by atoms with E-state index in [0.717, 1.165) is 22.3 Å². The minimum atomic E-state index is -0.707. The number of amides is 1. The zero-order valence-corrected chi connectivity index (χ0v) is 20.1. The van der Waals surface area contributed by atoms with Crippen LogP contribution in [0, 0.1) is 31.1 Å². The normalized spacial score (nSPS) is 17.9. The highest BCUT2D eigenvalue weighted by Crippen LogP contribution is 2.46. The number of benzene rings is 1. The third-order valence-corrected chi connectivity index (χ3v) is 7.05. The van der Waals surface area contributed by atoms with Gasteiger partial charge in [0.2, 0.25) is 5.88 Å². The Morgan fingerprint density at radius 1 is 1.09 bits per heavy atom. The number of ether oxygens (including phenoxy) is 1. The van der Waals surface area contributed by atoms with Crippen molar-refractivity contribution in [2.75, 3.05) is 20.2 Å². The molecular formula is C27H29N3O4. The molecule has 4 rings (SSSR count). The van der Waals surface area contributed by atoms with Crippen LogP contribution in [0.3, 0.4) is 0 Å². The molecular weight excluding hydrogens is 430 g/mol. The summed E-state index contributed by atoms with van der Waals surface area (Å²) >= 11 is 0. The molecule has 2 aliphatic rings. The number of likely N-dealkylation sites (tertiary alicyclic amines) is 1. The Bertz CT molecular complexity index is 1170. The lowest BCUT2D eigenvalue weighted by Gasteiger charge is -2.44. The Kier molecular flexibility index (Phi) is 6.52. The van der Waals surface area contributed by atoms with Gasteiger partial charge in [0.25, 0.3) is 5.91 Å². The molecule has 1 aliphatic carbocycles. The summed E-state index contributed by atoms with van der Waals surface area (Å²) in [6.07, 6.45) is 4.83. The fraction of sp³-hybridized carbons (Fsp3) is 0.444. The summed E-state index contributed by atoms with van der Waals surface area (Å²) in [6, 6.07) is 3.91. The van der Waals surface area contributed by atoms with Crippen molar-refractivity contribution in [1.82, 2.24) is 14.9 Å². The molecule has 2 heterocycles. The van der Waals surface area contributed by atoms with E-state index < -0.39 is 5.92 Å². The first kappa shape index (κ1) is 23.6. The predicted octanol–water partition coefficient (Wildman–Crippen LogP) is 3.41. The van der Waals surface area contributed by atoms with Gasteiger partial charge >= 0.3 is 0 Å². The lowest BCUT2D eigenvalue weighted by Crippen LogP contribution is -2.48. The van der Waals surface area contributed by atoms with Crippen molar-refractivity contribution in [3.63, 3.8) is 0 Å². The maximum absolute atomic E-state index is 13.3. The summed E-state index contributed by atoms with van der Waals surface area (Å²) in [7, 11) is 1.48. The smallest absolute Gasteiger partial charge is 0.274 e. The molecule has 7 nitrogen and oxygen atoms in total. The second-order valence-corrected chi connectivity index (χ2v) is 9.36. The van der Waals surface area contributed by atoms with Crippen LogP contribution in [0.15, 0.2) is 24.5 Å². The van der Waals surface area contributed by atoms with Crippen molar-refractivity contribution in [3.05, 3.63) is 52.5 Å². The predicted molar refractivity (Wildman–Crippen MR) is 127 cm³/mol. The van der Waals surface area contributed by atoms with Crippen LogP contribution in [0.1, 0.15) is 71.3 Å². The van der Waals surface area contributed by atoms with Crippen molar-refractivity contribution in [1.29, 1.82) is 0 Å². The molecule has 0 radical (unpaired) electrons. The zero-order valence-electron chi connectivity index (χ0n) is 20.1. The quantitative estimate of drug-likeness (QED) is 0.516. The Hall–Kier alpha value is -3.53. The van der Waals surface area contributed by atoms with Gasteiger partial charge in [0, 0.05) is 31.5 Å². The van der Waals surface area contributed by atoms with E-state index in [2.05, 4.69) is 21.8 Å². The van der Waals surface area contributed by atoms with Gasteiger partial charge in [-0.3, -0.25) is 19.4 Å². The van der Waals surface area contributed by atoms with E-state index in [1.54, 1.807) is 11.8 Å². The summed E-state index contributed by atoms with van der Waals surface area (Å²) in [5.74, 6) is 5.28. The van der Waals surface area contributed by atoms with Crippen LogP contribution in [0.25, 0.3) is 0 Å². The third kappa shape index (κ3) is 4.45. The number of Topliss-reactive ketones (excluding diaryl/α,β-unsaturated/α-hetero) is 2. The van der Waals surface area contributed by atoms with Gasteiger partial charge in [0.1, 0.15) is 17.5 Å². The fourth-order valence-corrected chi connectivity index (χ4v) is 5.40. The topological polar surface area (TPSA) is 89.5 Å². The lowest BCUT2D eigenvalue weighted by molar-refractivity contribution is -0.138. The van der Waals surface area contributed by atoms with Crippen molar-refractivity contribution in [2.45, 2.75) is 52.4 Å². The van der Waals surface area contributed by atoms with Gasteiger partial charge in [-0.1, -0.05) is 5.92 Å². The van der Waals surface area contributed by atoms with Crippen molar-refractivity contribution < 1.29 is 19.1 Å². The molecule has 0 bridgehead atoms. The number of hydrogen-bond acceptors (Lipinski definition) is 6. The average Bonchev–Trinajstić information content (AvgIpc) is 2.80. The van der Waals surface area contributed by atoms with E-state index in [1.165, 1.54) is 19.5 Å². The first-order chi connectivity index (χ1) is 16.3. The molecule has 1 aromatic carbocycles. The monoisotopic (exact) mass is 459 g/mol. The molecule has 2 aromatic rings. The van der Waals surface area contributed by atoms with Crippen molar-refractivity contribution in [2.24, 2.45) is 5.41 Å². The highest BCUT2D eigenvalue weighted by molar-refractivity contribution is 6.10. The zero-order chi connectivity index (χ0) is 24.5. The standard InChI is InChI=1S/C27H29N3O4/c1-5-6-19-11-17(2)24(18(3)12-19)25-21(31)13-27(14-22(25)32)7-9-30(10-8-27)26(33)20-15-28-16-23(29-20)34-4/h11-12,15-16,25H,7-10,13-14H2,1-4H3. The number of rotatable bonds is 3. The van der Waals surface area contributed by atoms with Crippen LogP contribution in [-0.4, -0.2) is 52.5 Å². The van der Waals surface area contributed by atoms with E-state index in [9.17, 15) is 14.4 Å². The molecule has 1 aromatic heterocycles. The van der Waals surface area contributed by atoms with Gasteiger partial charge in [-0.05, 0) is 67.9 Å². The molecule has 1 saturated heterocycles. The Morgan fingerprint density at radius 3 is 2.26 bits per heavy atom. The SMILES string of the molecule is CC#Cc1cc(C)c(C2C(=O)CC3(CCN(C(=O)c4cncc(OC)n4)CC3)CC2=O)c(C)c1. The van der Waals surface area contributed by atoms with Crippen molar-refractivity contribution in [3.8, 4) is 17.7 Å². The molecule has 176 valence electrons. The number of carbonyl (C=O) groups excluding carboxylic acids is 3. The lowest BCUT2D eigenvalue weighted by atomic mass is 9.62. The summed E-state index contributed by atoms with van der Waals surface area (Å²) in [5.41, 5.74) is 3.44. The minimum absolute atomic E-state index is 0.0183. The molecule has 34 heavy (non-hydrogen) atoms. The van der Waals surface area contributed by atoms with Crippen LogP contribution in [0.5, 0.6) is 5.88 Å². The molecule has 0 unspecified atom stereocenters. The number of carbonyl (C=O) groups is 3. The second-order valence-electron chi connectivity index (χ2n) is 9.36. The van der Waals surface area contributed by atoms with Crippen LogP contribution in [0.2, 0.25) is 0 Å². The number of piperidine rings is 1. The molecule has 1 saturated carbocycles. The van der Waals surface area contributed by atoms with E-state index >= 15 is 0 Å². The number of aromatic nitrogens is 2. The average molecular weight is 460 g/mol. The van der Waals surface area contributed by atoms with E-state index in [1.807, 2.05) is 26.0 Å². The van der Waals surface area contributed by atoms with Crippen LogP contribution in [-0.2, 0) is 9.59 Å². The largest absolute Gasteiger partial charge is 0.480 e. The molecule has 2 fully saturated rings.